The maximum Gasteiger partial charge on any atom is 0.326 e. The molecule has 1 aliphatic heterocycles. The minimum atomic E-state index is -1.03. The van der Waals surface area contributed by atoms with Crippen LogP contribution in [0.2, 0.25) is 5.15 Å². The summed E-state index contributed by atoms with van der Waals surface area (Å²) in [6.07, 6.45) is 0.786. The summed E-state index contributed by atoms with van der Waals surface area (Å²) in [5.41, 5.74) is 2.16. The summed E-state index contributed by atoms with van der Waals surface area (Å²) in [6, 6.07) is 6.86. The number of nitrogens with zero attached hydrogens (tertiary/aromatic N) is 2. The number of carboxylic acids is 1. The van der Waals surface area contributed by atoms with Gasteiger partial charge in [-0.15, -0.1) is 0 Å². The lowest BCUT2D eigenvalue weighted by Gasteiger charge is -2.17. The monoisotopic (exact) mass is 347 g/mol. The number of aryl methyl sites for hydroxylation is 1. The van der Waals surface area contributed by atoms with E-state index in [0.29, 0.717) is 18.5 Å². The Hall–Kier alpha value is -2.34. The van der Waals surface area contributed by atoms with Gasteiger partial charge in [0.2, 0.25) is 0 Å². The highest BCUT2D eigenvalue weighted by molar-refractivity contribution is 6.30. The van der Waals surface area contributed by atoms with Crippen molar-refractivity contribution in [2.75, 3.05) is 5.32 Å². The first-order chi connectivity index (χ1) is 11.4. The lowest BCUT2D eigenvalue weighted by Crippen LogP contribution is -2.31. The molecule has 2 aromatic rings. The molecule has 1 aromatic carbocycles. The molecule has 0 amide bonds. The number of halogens is 1. The van der Waals surface area contributed by atoms with Crippen LogP contribution < -0.4 is 10.9 Å². The second-order valence-corrected chi connectivity index (χ2v) is 6.40. The Morgan fingerprint density at radius 2 is 2.25 bits per heavy atom. The Bertz CT molecular complexity index is 863. The summed E-state index contributed by atoms with van der Waals surface area (Å²) in [6.45, 7) is 3.91. The van der Waals surface area contributed by atoms with Gasteiger partial charge in [0.25, 0.3) is 5.56 Å². The number of anilines is 1. The predicted molar refractivity (Wildman–Crippen MR) is 91.7 cm³/mol. The van der Waals surface area contributed by atoms with E-state index in [4.69, 9.17) is 11.6 Å². The first-order valence-corrected chi connectivity index (χ1v) is 8.13. The second-order valence-electron chi connectivity index (χ2n) is 6.05. The van der Waals surface area contributed by atoms with Gasteiger partial charge in [-0.1, -0.05) is 41.4 Å². The fourth-order valence-electron chi connectivity index (χ4n) is 3.06. The van der Waals surface area contributed by atoms with Gasteiger partial charge < -0.3 is 10.4 Å². The number of hydrogen-bond acceptors (Lipinski definition) is 4. The highest BCUT2D eigenvalue weighted by Gasteiger charge is 2.32. The summed E-state index contributed by atoms with van der Waals surface area (Å²) >= 11 is 6.17. The Balaban J connectivity index is 1.98. The van der Waals surface area contributed by atoms with Crippen molar-refractivity contribution >= 4 is 23.4 Å². The van der Waals surface area contributed by atoms with E-state index in [-0.39, 0.29) is 17.0 Å². The lowest BCUT2D eigenvalue weighted by atomic mass is 10.1. The number of aromatic nitrogens is 2. The van der Waals surface area contributed by atoms with Gasteiger partial charge in [-0.3, -0.25) is 9.36 Å². The van der Waals surface area contributed by atoms with Gasteiger partial charge in [0, 0.05) is 0 Å². The van der Waals surface area contributed by atoms with Crippen LogP contribution in [-0.4, -0.2) is 20.6 Å². The molecule has 126 valence electrons. The Labute approximate surface area is 144 Å². The molecule has 3 rings (SSSR count). The van der Waals surface area contributed by atoms with E-state index >= 15 is 0 Å². The van der Waals surface area contributed by atoms with E-state index < -0.39 is 17.6 Å². The number of rotatable bonds is 4. The van der Waals surface area contributed by atoms with Crippen LogP contribution in [0.4, 0.5) is 5.82 Å². The molecule has 24 heavy (non-hydrogen) atoms. The van der Waals surface area contributed by atoms with Crippen molar-refractivity contribution in [1.82, 2.24) is 9.55 Å². The number of carboxylic acid groups (broad SMARTS) is 1. The average Bonchev–Trinajstić information content (AvgIpc) is 2.98. The zero-order valence-electron chi connectivity index (χ0n) is 13.4. The van der Waals surface area contributed by atoms with Crippen molar-refractivity contribution in [2.45, 2.75) is 38.8 Å². The maximum absolute atomic E-state index is 12.7. The first-order valence-electron chi connectivity index (χ1n) is 7.75. The average molecular weight is 348 g/mol. The van der Waals surface area contributed by atoms with Gasteiger partial charge >= 0.3 is 5.97 Å². The maximum atomic E-state index is 12.7. The third-order valence-corrected chi connectivity index (χ3v) is 4.61. The molecule has 6 nitrogen and oxygen atoms in total. The van der Waals surface area contributed by atoms with Gasteiger partial charge in [0.15, 0.2) is 11.0 Å². The topological polar surface area (TPSA) is 84.2 Å². The van der Waals surface area contributed by atoms with E-state index in [2.05, 4.69) is 10.3 Å². The van der Waals surface area contributed by atoms with E-state index in [1.165, 1.54) is 4.57 Å². The molecule has 0 bridgehead atoms. The van der Waals surface area contributed by atoms with E-state index in [1.54, 1.807) is 0 Å². The minimum absolute atomic E-state index is 0.0749. The van der Waals surface area contributed by atoms with Crippen LogP contribution in [0.25, 0.3) is 0 Å². The van der Waals surface area contributed by atoms with Crippen LogP contribution in [0.1, 0.15) is 42.2 Å². The molecular formula is C17H18ClN3O3. The third kappa shape index (κ3) is 2.89. The largest absolute Gasteiger partial charge is 0.480 e. The summed E-state index contributed by atoms with van der Waals surface area (Å²) in [4.78, 5) is 28.2. The van der Waals surface area contributed by atoms with Gasteiger partial charge in [-0.25, -0.2) is 9.78 Å². The number of nitrogens with one attached hydrogen (secondary N) is 1. The Morgan fingerprint density at radius 1 is 1.50 bits per heavy atom. The number of aliphatic carboxylic acids is 1. The Kier molecular flexibility index (Phi) is 4.32. The third-order valence-electron chi connectivity index (χ3n) is 4.31. The molecule has 0 saturated heterocycles. The number of benzene rings is 1. The molecule has 2 N–H and O–H groups in total. The SMILES string of the molecule is Cc1cccc([C@@H](C)Nc2nc(Cl)c3n(c2=O)[C@H](C(=O)O)CC3)c1. The van der Waals surface area contributed by atoms with E-state index in [0.717, 1.165) is 11.1 Å². The van der Waals surface area contributed by atoms with Crippen molar-refractivity contribution in [3.63, 3.8) is 0 Å². The lowest BCUT2D eigenvalue weighted by molar-refractivity contribution is -0.140. The zero-order valence-corrected chi connectivity index (χ0v) is 14.2. The molecule has 2 atom stereocenters. The highest BCUT2D eigenvalue weighted by Crippen LogP contribution is 2.29. The smallest absolute Gasteiger partial charge is 0.326 e. The van der Waals surface area contributed by atoms with Gasteiger partial charge in [-0.05, 0) is 32.3 Å². The van der Waals surface area contributed by atoms with Crippen LogP contribution in [-0.2, 0) is 11.2 Å². The highest BCUT2D eigenvalue weighted by atomic mass is 35.5. The number of hydrogen-bond donors (Lipinski definition) is 2. The van der Waals surface area contributed by atoms with Crippen molar-refractivity contribution in [2.24, 2.45) is 0 Å². The number of carbonyl (C=O) groups is 1. The summed E-state index contributed by atoms with van der Waals surface area (Å²) < 4.78 is 1.25. The predicted octanol–water partition coefficient (Wildman–Crippen LogP) is 2.95. The van der Waals surface area contributed by atoms with Crippen molar-refractivity contribution in [1.29, 1.82) is 0 Å². The van der Waals surface area contributed by atoms with Gasteiger partial charge in [0.1, 0.15) is 6.04 Å². The molecule has 7 heteroatoms. The normalized spacial score (nSPS) is 17.4. The van der Waals surface area contributed by atoms with Crippen molar-refractivity contribution < 1.29 is 9.90 Å². The number of fused-ring (bicyclic) bond motifs is 1. The van der Waals surface area contributed by atoms with Crippen LogP contribution in [0.15, 0.2) is 29.1 Å². The molecule has 0 spiro atoms. The fraction of sp³-hybridized carbons (Fsp3) is 0.353. The second kappa shape index (κ2) is 6.28. The van der Waals surface area contributed by atoms with Gasteiger partial charge in [0.05, 0.1) is 11.7 Å². The molecule has 0 aliphatic carbocycles. The van der Waals surface area contributed by atoms with Crippen molar-refractivity contribution in [3.8, 4) is 0 Å². The molecule has 0 unspecified atom stereocenters. The van der Waals surface area contributed by atoms with Gasteiger partial charge in [-0.2, -0.15) is 0 Å². The quantitative estimate of drug-likeness (QED) is 0.888. The molecular weight excluding hydrogens is 330 g/mol. The summed E-state index contributed by atoms with van der Waals surface area (Å²) in [5, 5.41) is 12.6. The zero-order chi connectivity index (χ0) is 17.4. The van der Waals surface area contributed by atoms with Crippen molar-refractivity contribution in [3.05, 3.63) is 56.6 Å². The first kappa shape index (κ1) is 16.5. The van der Waals surface area contributed by atoms with Crippen LogP contribution in [0.5, 0.6) is 0 Å². The molecule has 0 fully saturated rings. The van der Waals surface area contributed by atoms with E-state index in [1.807, 2.05) is 38.1 Å². The summed E-state index contributed by atoms with van der Waals surface area (Å²) in [7, 11) is 0. The molecule has 0 saturated carbocycles. The summed E-state index contributed by atoms with van der Waals surface area (Å²) in [5.74, 6) is -0.957. The molecule has 2 heterocycles. The standard InChI is InChI=1S/C17H18ClN3O3/c1-9-4-3-5-11(8-9)10(2)19-15-16(22)21-12(14(18)20-15)6-7-13(21)17(23)24/h3-5,8,10,13H,6-7H2,1-2H3,(H,19,20)(H,23,24)/t10-,13+/m1/s1. The van der Waals surface area contributed by atoms with Crippen LogP contribution >= 0.6 is 11.6 Å². The van der Waals surface area contributed by atoms with E-state index in [9.17, 15) is 14.7 Å². The van der Waals surface area contributed by atoms with Crippen LogP contribution in [0.3, 0.4) is 0 Å². The molecule has 1 aromatic heterocycles. The fourth-order valence-corrected chi connectivity index (χ4v) is 3.33. The van der Waals surface area contributed by atoms with Crippen LogP contribution in [0, 0.1) is 6.92 Å². The minimum Gasteiger partial charge on any atom is -0.480 e. The molecule has 0 radical (unpaired) electrons. The molecule has 1 aliphatic rings. The Morgan fingerprint density at radius 3 is 2.92 bits per heavy atom.